The van der Waals surface area contributed by atoms with E-state index in [9.17, 15) is 9.59 Å². The molecule has 3 heterocycles. The van der Waals surface area contributed by atoms with E-state index in [4.69, 9.17) is 16.3 Å². The summed E-state index contributed by atoms with van der Waals surface area (Å²) in [6, 6.07) is 3.65. The second-order valence-electron chi connectivity index (χ2n) is 7.21. The molecule has 2 aliphatic rings. The molecule has 148 valence electrons. The van der Waals surface area contributed by atoms with Crippen molar-refractivity contribution in [2.45, 2.75) is 31.7 Å². The first-order chi connectivity index (χ1) is 13.6. The summed E-state index contributed by atoms with van der Waals surface area (Å²) in [4.78, 5) is 34.9. The lowest BCUT2D eigenvalue weighted by Gasteiger charge is -2.36. The molecule has 0 bridgehead atoms. The van der Waals surface area contributed by atoms with Gasteiger partial charge >= 0.3 is 6.09 Å². The van der Waals surface area contributed by atoms with Gasteiger partial charge in [0.1, 0.15) is 6.33 Å². The molecule has 2 aromatic rings. The highest BCUT2D eigenvalue weighted by molar-refractivity contribution is 7.18. The van der Waals surface area contributed by atoms with Crippen LogP contribution in [0.1, 0.15) is 35.4 Å². The number of thiophene rings is 1. The van der Waals surface area contributed by atoms with Gasteiger partial charge in [0.2, 0.25) is 0 Å². The summed E-state index contributed by atoms with van der Waals surface area (Å²) in [5.41, 5.74) is 0. The van der Waals surface area contributed by atoms with E-state index >= 15 is 0 Å². The molecule has 9 heteroatoms. The quantitative estimate of drug-likeness (QED) is 0.798. The van der Waals surface area contributed by atoms with E-state index in [1.807, 2.05) is 0 Å². The maximum atomic E-state index is 12.6. The minimum Gasteiger partial charge on any atom is -0.407 e. The maximum absolute atomic E-state index is 12.6. The number of hydrogen-bond donors (Lipinski definition) is 1. The third-order valence-corrected chi connectivity index (χ3v) is 6.50. The Morgan fingerprint density at radius 1 is 1.14 bits per heavy atom. The van der Waals surface area contributed by atoms with Crippen LogP contribution >= 0.6 is 22.9 Å². The predicted octanol–water partition coefficient (Wildman–Crippen LogP) is 3.61. The Morgan fingerprint density at radius 2 is 1.82 bits per heavy atom. The fourth-order valence-corrected chi connectivity index (χ4v) is 4.63. The smallest absolute Gasteiger partial charge is 0.407 e. The van der Waals surface area contributed by atoms with Crippen molar-refractivity contribution in [2.75, 3.05) is 13.1 Å². The molecule has 1 saturated heterocycles. The first kappa shape index (κ1) is 19.1. The molecule has 0 spiro atoms. The van der Waals surface area contributed by atoms with Gasteiger partial charge in [0.05, 0.1) is 21.6 Å². The number of nitrogens with zero attached hydrogens (tertiary/aromatic N) is 3. The van der Waals surface area contributed by atoms with E-state index in [-0.39, 0.29) is 18.0 Å². The lowest BCUT2D eigenvalue weighted by atomic mass is 9.86. The molecular formula is C19H21ClN4O3S. The van der Waals surface area contributed by atoms with Gasteiger partial charge in [-0.2, -0.15) is 0 Å². The standard InChI is InChI=1S/C19H21ClN4O3S/c20-16-4-3-15(28-16)18(25)23-17(12-1-2-12)13-5-7-24(8-6-13)19(26)27-14-9-21-11-22-10-14/h3-4,9-13,17H,1-2,5-8H2,(H,23,25)/t17-/m0/s1. The van der Waals surface area contributed by atoms with Crippen molar-refractivity contribution < 1.29 is 14.3 Å². The number of aromatic nitrogens is 2. The molecule has 1 saturated carbocycles. The number of amides is 2. The van der Waals surface area contributed by atoms with Gasteiger partial charge in [0, 0.05) is 19.1 Å². The highest BCUT2D eigenvalue weighted by Gasteiger charge is 2.39. The van der Waals surface area contributed by atoms with Crippen LogP contribution in [0.25, 0.3) is 0 Å². The van der Waals surface area contributed by atoms with E-state index in [0.29, 0.717) is 39.9 Å². The molecular weight excluding hydrogens is 400 g/mol. The van der Waals surface area contributed by atoms with Crippen LogP contribution in [0.4, 0.5) is 4.79 Å². The van der Waals surface area contributed by atoms with E-state index in [1.165, 1.54) is 30.1 Å². The summed E-state index contributed by atoms with van der Waals surface area (Å²) in [7, 11) is 0. The number of carbonyl (C=O) groups excluding carboxylic acids is 2. The Labute approximate surface area is 172 Å². The van der Waals surface area contributed by atoms with E-state index in [2.05, 4.69) is 15.3 Å². The first-order valence-electron chi connectivity index (χ1n) is 9.38. The Morgan fingerprint density at radius 3 is 2.43 bits per heavy atom. The zero-order chi connectivity index (χ0) is 19.5. The third-order valence-electron chi connectivity index (χ3n) is 5.27. The molecule has 7 nitrogen and oxygen atoms in total. The van der Waals surface area contributed by atoms with Gasteiger partial charge in [0.25, 0.3) is 5.91 Å². The average Bonchev–Trinajstić information content (AvgIpc) is 3.46. The number of ether oxygens (including phenoxy) is 1. The van der Waals surface area contributed by atoms with Crippen LogP contribution in [0.15, 0.2) is 30.9 Å². The fraction of sp³-hybridized carbons (Fsp3) is 0.474. The van der Waals surface area contributed by atoms with Crippen molar-refractivity contribution in [3.63, 3.8) is 0 Å². The number of nitrogens with one attached hydrogen (secondary N) is 1. The maximum Gasteiger partial charge on any atom is 0.415 e. The minimum absolute atomic E-state index is 0.0558. The molecule has 2 amide bonds. The molecule has 1 aliphatic carbocycles. The van der Waals surface area contributed by atoms with Gasteiger partial charge in [-0.1, -0.05) is 11.6 Å². The zero-order valence-corrected chi connectivity index (χ0v) is 16.8. The van der Waals surface area contributed by atoms with Crippen molar-refractivity contribution in [3.05, 3.63) is 40.1 Å². The van der Waals surface area contributed by atoms with Gasteiger partial charge in [0.15, 0.2) is 5.75 Å². The summed E-state index contributed by atoms with van der Waals surface area (Å²) in [5.74, 6) is 1.17. The number of rotatable bonds is 5. The van der Waals surface area contributed by atoms with Crippen molar-refractivity contribution in [1.82, 2.24) is 20.2 Å². The molecule has 1 aliphatic heterocycles. The van der Waals surface area contributed by atoms with Gasteiger partial charge < -0.3 is 15.0 Å². The Bertz CT molecular complexity index is 835. The highest BCUT2D eigenvalue weighted by Crippen LogP contribution is 2.39. The molecule has 28 heavy (non-hydrogen) atoms. The second kappa shape index (κ2) is 8.45. The molecule has 0 radical (unpaired) electrons. The molecule has 4 rings (SSSR count). The summed E-state index contributed by atoms with van der Waals surface area (Å²) >= 11 is 7.25. The number of piperidine rings is 1. The summed E-state index contributed by atoms with van der Waals surface area (Å²) < 4.78 is 5.93. The first-order valence-corrected chi connectivity index (χ1v) is 10.6. The Hall–Kier alpha value is -2.19. The van der Waals surface area contributed by atoms with Gasteiger partial charge in [-0.25, -0.2) is 14.8 Å². The average molecular weight is 421 g/mol. The predicted molar refractivity (Wildman–Crippen MR) is 106 cm³/mol. The van der Waals surface area contributed by atoms with Crippen molar-refractivity contribution in [3.8, 4) is 5.75 Å². The molecule has 2 aromatic heterocycles. The third kappa shape index (κ3) is 4.62. The Kier molecular flexibility index (Phi) is 5.77. The SMILES string of the molecule is O=C(N[C@@H](C1CC1)C1CCN(C(=O)Oc2cncnc2)CC1)c1ccc(Cl)s1. The highest BCUT2D eigenvalue weighted by atomic mass is 35.5. The number of halogens is 1. The summed E-state index contributed by atoms with van der Waals surface area (Å²) in [6.07, 6.45) is 7.91. The fourth-order valence-electron chi connectivity index (χ4n) is 3.68. The van der Waals surface area contributed by atoms with Gasteiger partial charge in [-0.3, -0.25) is 4.79 Å². The van der Waals surface area contributed by atoms with Crippen LogP contribution in [0.2, 0.25) is 4.34 Å². The van der Waals surface area contributed by atoms with E-state index < -0.39 is 0 Å². The topological polar surface area (TPSA) is 84.4 Å². The van der Waals surface area contributed by atoms with Crippen LogP contribution in [0.3, 0.4) is 0 Å². The van der Waals surface area contributed by atoms with Gasteiger partial charge in [-0.05, 0) is 49.7 Å². The molecule has 0 aromatic carbocycles. The Balaban J connectivity index is 1.32. The number of carbonyl (C=O) groups is 2. The van der Waals surface area contributed by atoms with Crippen molar-refractivity contribution in [2.24, 2.45) is 11.8 Å². The number of hydrogen-bond acceptors (Lipinski definition) is 6. The monoisotopic (exact) mass is 420 g/mol. The van der Waals surface area contributed by atoms with Crippen molar-refractivity contribution in [1.29, 1.82) is 0 Å². The van der Waals surface area contributed by atoms with Crippen molar-refractivity contribution >= 4 is 34.9 Å². The summed E-state index contributed by atoms with van der Waals surface area (Å²) in [6.45, 7) is 1.22. The van der Waals surface area contributed by atoms with Crippen LogP contribution in [-0.2, 0) is 0 Å². The molecule has 0 unspecified atom stereocenters. The van der Waals surface area contributed by atoms with Crippen LogP contribution < -0.4 is 10.1 Å². The molecule has 1 N–H and O–H groups in total. The number of likely N-dealkylation sites (tertiary alicyclic amines) is 1. The largest absolute Gasteiger partial charge is 0.415 e. The lowest BCUT2D eigenvalue weighted by molar-refractivity contribution is 0.0874. The van der Waals surface area contributed by atoms with Crippen LogP contribution in [0.5, 0.6) is 5.75 Å². The molecule has 1 atom stereocenters. The van der Waals surface area contributed by atoms with Gasteiger partial charge in [-0.15, -0.1) is 11.3 Å². The zero-order valence-electron chi connectivity index (χ0n) is 15.2. The second-order valence-corrected chi connectivity index (χ2v) is 8.92. The molecule has 2 fully saturated rings. The summed E-state index contributed by atoms with van der Waals surface area (Å²) in [5, 5.41) is 3.22. The minimum atomic E-state index is -0.381. The van der Waals surface area contributed by atoms with E-state index in [1.54, 1.807) is 17.0 Å². The lowest BCUT2D eigenvalue weighted by Crippen LogP contribution is -2.48. The normalized spacial score (nSPS) is 18.5. The van der Waals surface area contributed by atoms with Crippen LogP contribution in [-0.4, -0.2) is 46.0 Å². The van der Waals surface area contributed by atoms with E-state index in [0.717, 1.165) is 25.7 Å². The van der Waals surface area contributed by atoms with Crippen LogP contribution in [0, 0.1) is 11.8 Å².